The van der Waals surface area contributed by atoms with Crippen LogP contribution in [-0.2, 0) is 0 Å². The first-order chi connectivity index (χ1) is 13.6. The quantitative estimate of drug-likeness (QED) is 0.397. The second-order valence-corrected chi connectivity index (χ2v) is 6.69. The van der Waals surface area contributed by atoms with Gasteiger partial charge in [-0.2, -0.15) is 0 Å². The molecule has 0 aliphatic rings. The fraction of sp³-hybridized carbons (Fsp3) is 0.0500. The van der Waals surface area contributed by atoms with E-state index in [1.807, 2.05) is 12.1 Å². The average molecular weight is 393 g/mol. The Bertz CT molecular complexity index is 1200. The van der Waals surface area contributed by atoms with Gasteiger partial charge in [-0.05, 0) is 36.4 Å². The standard InChI is InChI=1S/C20H15N3O4S/c1-26-14-8-6-12(7-9-14)18(24)22-23-20-21-16(11-28-20)15-10-13-4-2-3-5-17(13)27-19(15)25/h2-11H,1H3,(H,21,23)(H,22,24). The van der Waals surface area contributed by atoms with Crippen molar-refractivity contribution in [1.29, 1.82) is 0 Å². The van der Waals surface area contributed by atoms with Gasteiger partial charge in [0, 0.05) is 16.3 Å². The van der Waals surface area contributed by atoms with E-state index in [9.17, 15) is 9.59 Å². The Morgan fingerprint density at radius 3 is 2.71 bits per heavy atom. The minimum absolute atomic E-state index is 0.315. The number of aromatic nitrogens is 1. The van der Waals surface area contributed by atoms with E-state index in [4.69, 9.17) is 9.15 Å². The number of thiazole rings is 1. The van der Waals surface area contributed by atoms with Crippen molar-refractivity contribution >= 4 is 33.3 Å². The first-order valence-corrected chi connectivity index (χ1v) is 9.21. The van der Waals surface area contributed by atoms with Crippen LogP contribution in [0.5, 0.6) is 5.75 Å². The number of anilines is 1. The summed E-state index contributed by atoms with van der Waals surface area (Å²) in [5.41, 5.74) is 6.72. The molecule has 0 unspecified atom stereocenters. The molecule has 0 saturated heterocycles. The third kappa shape index (κ3) is 3.58. The molecule has 0 bridgehead atoms. The number of nitrogens with one attached hydrogen (secondary N) is 2. The lowest BCUT2D eigenvalue weighted by atomic mass is 10.1. The zero-order valence-electron chi connectivity index (χ0n) is 14.8. The second-order valence-electron chi connectivity index (χ2n) is 5.83. The van der Waals surface area contributed by atoms with Crippen molar-refractivity contribution in [3.05, 3.63) is 76.0 Å². The van der Waals surface area contributed by atoms with Crippen LogP contribution < -0.4 is 21.2 Å². The average Bonchev–Trinajstić information content (AvgIpc) is 3.20. The van der Waals surface area contributed by atoms with Crippen molar-refractivity contribution in [2.45, 2.75) is 0 Å². The third-order valence-electron chi connectivity index (χ3n) is 4.06. The third-order valence-corrected chi connectivity index (χ3v) is 4.81. The Labute approximate surface area is 163 Å². The number of rotatable bonds is 5. The minimum atomic E-state index is -0.460. The van der Waals surface area contributed by atoms with Crippen LogP contribution in [0.1, 0.15) is 10.4 Å². The number of ether oxygens (including phenoxy) is 1. The van der Waals surface area contributed by atoms with E-state index in [1.165, 1.54) is 11.3 Å². The normalized spacial score (nSPS) is 10.6. The molecule has 0 saturated carbocycles. The van der Waals surface area contributed by atoms with Crippen LogP contribution in [0, 0.1) is 0 Å². The lowest BCUT2D eigenvalue weighted by Gasteiger charge is -2.06. The summed E-state index contributed by atoms with van der Waals surface area (Å²) in [6, 6.07) is 15.7. The Hall–Kier alpha value is -3.65. The van der Waals surface area contributed by atoms with E-state index < -0.39 is 5.63 Å². The van der Waals surface area contributed by atoms with Gasteiger partial charge in [0.05, 0.1) is 18.4 Å². The van der Waals surface area contributed by atoms with E-state index in [2.05, 4.69) is 15.8 Å². The van der Waals surface area contributed by atoms with E-state index in [0.29, 0.717) is 33.3 Å². The van der Waals surface area contributed by atoms with Crippen LogP contribution in [0.3, 0.4) is 0 Å². The number of carbonyl (C=O) groups is 1. The van der Waals surface area contributed by atoms with Crippen LogP contribution in [0.4, 0.5) is 5.13 Å². The smallest absolute Gasteiger partial charge is 0.345 e. The van der Waals surface area contributed by atoms with Crippen molar-refractivity contribution in [3.63, 3.8) is 0 Å². The second kappa shape index (κ2) is 7.53. The largest absolute Gasteiger partial charge is 0.497 e. The lowest BCUT2D eigenvalue weighted by Crippen LogP contribution is -2.29. The number of hydrazine groups is 1. The van der Waals surface area contributed by atoms with Gasteiger partial charge < -0.3 is 9.15 Å². The number of hydrogen-bond acceptors (Lipinski definition) is 7. The highest BCUT2D eigenvalue weighted by Crippen LogP contribution is 2.25. The molecule has 0 radical (unpaired) electrons. The summed E-state index contributed by atoms with van der Waals surface area (Å²) in [5, 5.41) is 2.99. The van der Waals surface area contributed by atoms with Crippen molar-refractivity contribution in [2.75, 3.05) is 12.5 Å². The predicted octanol–water partition coefficient (Wildman–Crippen LogP) is 3.68. The molecule has 140 valence electrons. The Morgan fingerprint density at radius 1 is 1.14 bits per heavy atom. The van der Waals surface area contributed by atoms with Gasteiger partial charge in [-0.3, -0.25) is 15.6 Å². The van der Waals surface area contributed by atoms with Gasteiger partial charge in [-0.25, -0.2) is 9.78 Å². The number of para-hydroxylation sites is 1. The molecule has 4 rings (SSSR count). The van der Waals surface area contributed by atoms with Gasteiger partial charge in [0.25, 0.3) is 5.91 Å². The highest BCUT2D eigenvalue weighted by Gasteiger charge is 2.12. The molecule has 8 heteroatoms. The molecule has 2 aromatic heterocycles. The zero-order chi connectivity index (χ0) is 19.5. The number of nitrogens with zero attached hydrogens (tertiary/aromatic N) is 1. The number of benzene rings is 2. The molecule has 0 fully saturated rings. The van der Waals surface area contributed by atoms with Crippen LogP contribution >= 0.6 is 11.3 Å². The van der Waals surface area contributed by atoms with Gasteiger partial charge in [-0.15, -0.1) is 11.3 Å². The SMILES string of the molecule is COc1ccc(C(=O)NNc2nc(-c3cc4ccccc4oc3=O)cs2)cc1. The van der Waals surface area contributed by atoms with Crippen LogP contribution in [-0.4, -0.2) is 18.0 Å². The molecular formula is C20H15N3O4S. The van der Waals surface area contributed by atoms with Crippen LogP contribution in [0.15, 0.2) is 69.2 Å². The molecule has 1 amide bonds. The monoisotopic (exact) mass is 393 g/mol. The summed E-state index contributed by atoms with van der Waals surface area (Å²) < 4.78 is 10.4. The number of amides is 1. The van der Waals surface area contributed by atoms with E-state index in [-0.39, 0.29) is 5.91 Å². The van der Waals surface area contributed by atoms with Gasteiger partial charge in [-0.1, -0.05) is 18.2 Å². The fourth-order valence-corrected chi connectivity index (χ4v) is 3.28. The predicted molar refractivity (Wildman–Crippen MR) is 108 cm³/mol. The summed E-state index contributed by atoms with van der Waals surface area (Å²) in [6.07, 6.45) is 0. The number of hydrogen-bond donors (Lipinski definition) is 2. The first kappa shape index (κ1) is 17.7. The highest BCUT2D eigenvalue weighted by atomic mass is 32.1. The maximum absolute atomic E-state index is 12.2. The number of fused-ring (bicyclic) bond motifs is 1. The van der Waals surface area contributed by atoms with Crippen LogP contribution in [0.25, 0.3) is 22.2 Å². The topological polar surface area (TPSA) is 93.5 Å². The summed E-state index contributed by atoms with van der Waals surface area (Å²) in [7, 11) is 1.56. The lowest BCUT2D eigenvalue weighted by molar-refractivity contribution is 0.0962. The van der Waals surface area contributed by atoms with Crippen molar-refractivity contribution in [3.8, 4) is 17.0 Å². The molecule has 2 N–H and O–H groups in total. The molecule has 0 aliphatic carbocycles. The van der Waals surface area contributed by atoms with Gasteiger partial charge in [0.2, 0.25) is 5.13 Å². The number of carbonyl (C=O) groups excluding carboxylic acids is 1. The van der Waals surface area contributed by atoms with Crippen molar-refractivity contribution in [2.24, 2.45) is 0 Å². The molecule has 0 aliphatic heterocycles. The zero-order valence-corrected chi connectivity index (χ0v) is 15.6. The molecule has 2 heterocycles. The van der Waals surface area contributed by atoms with E-state index in [0.717, 1.165) is 5.39 Å². The summed E-state index contributed by atoms with van der Waals surface area (Å²) in [5.74, 6) is 0.355. The first-order valence-electron chi connectivity index (χ1n) is 8.33. The Kier molecular flexibility index (Phi) is 4.77. The van der Waals surface area contributed by atoms with Crippen LogP contribution in [0.2, 0.25) is 0 Å². The van der Waals surface area contributed by atoms with Crippen molar-refractivity contribution in [1.82, 2.24) is 10.4 Å². The molecule has 0 spiro atoms. The van der Waals surface area contributed by atoms with Crippen molar-refractivity contribution < 1.29 is 13.9 Å². The van der Waals surface area contributed by atoms with E-state index >= 15 is 0 Å². The maximum atomic E-state index is 12.2. The fourth-order valence-electron chi connectivity index (χ4n) is 2.62. The summed E-state index contributed by atoms with van der Waals surface area (Å²) >= 11 is 1.26. The summed E-state index contributed by atoms with van der Waals surface area (Å²) in [6.45, 7) is 0. The Balaban J connectivity index is 1.49. The number of methoxy groups -OCH3 is 1. The summed E-state index contributed by atoms with van der Waals surface area (Å²) in [4.78, 5) is 28.8. The van der Waals surface area contributed by atoms with Gasteiger partial charge >= 0.3 is 5.63 Å². The van der Waals surface area contributed by atoms with Gasteiger partial charge in [0.1, 0.15) is 11.3 Å². The van der Waals surface area contributed by atoms with Gasteiger partial charge in [0.15, 0.2) is 0 Å². The molecule has 28 heavy (non-hydrogen) atoms. The highest BCUT2D eigenvalue weighted by molar-refractivity contribution is 7.14. The molecule has 4 aromatic rings. The molecular weight excluding hydrogens is 378 g/mol. The molecule has 7 nitrogen and oxygen atoms in total. The molecule has 0 atom stereocenters. The maximum Gasteiger partial charge on any atom is 0.345 e. The molecule has 2 aromatic carbocycles. The van der Waals surface area contributed by atoms with E-state index in [1.54, 1.807) is 55.0 Å². The minimum Gasteiger partial charge on any atom is -0.497 e. The Morgan fingerprint density at radius 2 is 1.93 bits per heavy atom.